The molecule has 4 aromatic rings. The molecular weight excluding hydrogens is 462 g/mol. The molecule has 0 aliphatic carbocycles. The van der Waals surface area contributed by atoms with Crippen molar-refractivity contribution in [2.45, 2.75) is 26.7 Å². The van der Waals surface area contributed by atoms with Gasteiger partial charge in [-0.1, -0.05) is 41.2 Å². The maximum absolute atomic E-state index is 13.1. The normalized spacial score (nSPS) is 15.9. The van der Waals surface area contributed by atoms with Gasteiger partial charge < -0.3 is 15.0 Å². The number of hydrogen-bond acceptors (Lipinski definition) is 7. The Hall–Kier alpha value is -3.72. The second-order valence-corrected chi connectivity index (χ2v) is 9.77. The van der Waals surface area contributed by atoms with Crippen LogP contribution in [0.15, 0.2) is 48.5 Å². The van der Waals surface area contributed by atoms with Crippen LogP contribution in [-0.4, -0.2) is 46.8 Å². The van der Waals surface area contributed by atoms with Crippen LogP contribution in [-0.2, 0) is 9.53 Å². The van der Waals surface area contributed by atoms with Gasteiger partial charge in [-0.3, -0.25) is 4.79 Å². The van der Waals surface area contributed by atoms with Crippen LogP contribution in [0.2, 0.25) is 0 Å². The van der Waals surface area contributed by atoms with Gasteiger partial charge in [0, 0.05) is 13.1 Å². The third kappa shape index (κ3) is 4.51. The predicted molar refractivity (Wildman–Crippen MR) is 138 cm³/mol. The number of ether oxygens (including phenoxy) is 1. The smallest absolute Gasteiger partial charge is 0.339 e. The van der Waals surface area contributed by atoms with Crippen molar-refractivity contribution < 1.29 is 14.3 Å². The molecular formula is C26H27N5O3S. The average Bonchev–Trinajstić information content (AvgIpc) is 3.45. The van der Waals surface area contributed by atoms with E-state index in [1.165, 1.54) is 12.7 Å². The summed E-state index contributed by atoms with van der Waals surface area (Å²) in [7, 11) is 1.33. The molecule has 1 fully saturated rings. The highest BCUT2D eigenvalue weighted by molar-refractivity contribution is 7.22. The summed E-state index contributed by atoms with van der Waals surface area (Å²) in [5, 5.41) is 8.53. The number of methoxy groups -OCH3 is 1. The van der Waals surface area contributed by atoms with Crippen molar-refractivity contribution in [1.29, 1.82) is 0 Å². The highest BCUT2D eigenvalue weighted by atomic mass is 32.1. The van der Waals surface area contributed by atoms with E-state index >= 15 is 0 Å². The first kappa shape index (κ1) is 23.0. The molecule has 5 rings (SSSR count). The minimum Gasteiger partial charge on any atom is -0.465 e. The van der Waals surface area contributed by atoms with Crippen LogP contribution in [0.25, 0.3) is 16.0 Å². The summed E-state index contributed by atoms with van der Waals surface area (Å²) < 4.78 is 7.79. The number of thiazole rings is 1. The topological polar surface area (TPSA) is 89.3 Å². The number of nitrogens with zero attached hydrogens (tertiary/aromatic N) is 4. The molecule has 0 bridgehead atoms. The van der Waals surface area contributed by atoms with Crippen LogP contribution < -0.4 is 10.2 Å². The van der Waals surface area contributed by atoms with E-state index in [0.717, 1.165) is 46.2 Å². The number of aromatic nitrogens is 3. The molecule has 1 unspecified atom stereocenters. The first-order chi connectivity index (χ1) is 16.9. The SMILES string of the molecule is COC(=O)c1ccccc1NC(=O)C1CCCN(c2nc3c(s2)c(C)nn3-c2ccc(C)cc2)C1. The number of carbonyl (C=O) groups is 2. The van der Waals surface area contributed by atoms with Crippen LogP contribution in [0.4, 0.5) is 10.8 Å². The van der Waals surface area contributed by atoms with Gasteiger partial charge in [0.15, 0.2) is 10.8 Å². The monoisotopic (exact) mass is 489 g/mol. The van der Waals surface area contributed by atoms with Crippen molar-refractivity contribution in [3.05, 3.63) is 65.4 Å². The molecule has 1 saturated heterocycles. The van der Waals surface area contributed by atoms with Crippen molar-refractivity contribution in [2.75, 3.05) is 30.4 Å². The van der Waals surface area contributed by atoms with E-state index in [4.69, 9.17) is 14.8 Å². The molecule has 1 aliphatic heterocycles. The number of rotatable bonds is 5. The van der Waals surface area contributed by atoms with Gasteiger partial charge in [-0.15, -0.1) is 0 Å². The lowest BCUT2D eigenvalue weighted by Crippen LogP contribution is -2.40. The van der Waals surface area contributed by atoms with Crippen molar-refractivity contribution in [3.8, 4) is 5.69 Å². The Morgan fingerprint density at radius 3 is 2.66 bits per heavy atom. The molecule has 1 aliphatic rings. The minimum atomic E-state index is -0.473. The number of nitrogens with one attached hydrogen (secondary N) is 1. The molecule has 0 saturated carbocycles. The van der Waals surface area contributed by atoms with Crippen LogP contribution in [0.3, 0.4) is 0 Å². The Morgan fingerprint density at radius 1 is 1.11 bits per heavy atom. The van der Waals surface area contributed by atoms with Gasteiger partial charge in [-0.05, 0) is 51.0 Å². The standard InChI is InChI=1S/C26H27N5O3S/c1-16-10-12-19(13-11-16)31-23-22(17(2)29-31)35-26(28-23)30-14-6-7-18(15-30)24(32)27-21-9-5-4-8-20(21)25(33)34-3/h4-5,8-13,18H,6-7,14-15H2,1-3H3,(H,27,32). The lowest BCUT2D eigenvalue weighted by Gasteiger charge is -2.31. The number of carbonyl (C=O) groups excluding carboxylic acids is 2. The van der Waals surface area contributed by atoms with Crippen molar-refractivity contribution in [1.82, 2.24) is 14.8 Å². The van der Waals surface area contributed by atoms with Crippen LogP contribution in [0.1, 0.15) is 34.5 Å². The first-order valence-electron chi connectivity index (χ1n) is 11.6. The minimum absolute atomic E-state index is 0.103. The highest BCUT2D eigenvalue weighted by Gasteiger charge is 2.29. The molecule has 0 spiro atoms. The van der Waals surface area contributed by atoms with Crippen molar-refractivity contribution in [3.63, 3.8) is 0 Å². The molecule has 1 amide bonds. The first-order valence-corrected chi connectivity index (χ1v) is 12.4. The number of para-hydroxylation sites is 1. The van der Waals surface area contributed by atoms with E-state index in [1.807, 2.05) is 23.7 Å². The molecule has 1 atom stereocenters. The predicted octanol–water partition coefficient (Wildman–Crippen LogP) is 4.74. The van der Waals surface area contributed by atoms with Crippen LogP contribution in [0.5, 0.6) is 0 Å². The number of esters is 1. The quantitative estimate of drug-likeness (QED) is 0.407. The molecule has 180 valence electrons. The summed E-state index contributed by atoms with van der Waals surface area (Å²) in [6.07, 6.45) is 1.67. The van der Waals surface area contributed by atoms with Crippen LogP contribution in [0, 0.1) is 19.8 Å². The van der Waals surface area contributed by atoms with Crippen molar-refractivity contribution in [2.24, 2.45) is 5.92 Å². The van der Waals surface area contributed by atoms with Gasteiger partial charge in [-0.2, -0.15) is 10.1 Å². The summed E-state index contributed by atoms with van der Waals surface area (Å²) in [4.78, 5) is 32.3. The highest BCUT2D eigenvalue weighted by Crippen LogP contribution is 2.34. The maximum Gasteiger partial charge on any atom is 0.339 e. The Kier molecular flexibility index (Phi) is 6.25. The Bertz CT molecular complexity index is 1390. The summed E-state index contributed by atoms with van der Waals surface area (Å²) in [6.45, 7) is 5.47. The fourth-order valence-electron chi connectivity index (χ4n) is 4.40. The summed E-state index contributed by atoms with van der Waals surface area (Å²) >= 11 is 1.61. The fourth-order valence-corrected chi connectivity index (χ4v) is 5.43. The van der Waals surface area contributed by atoms with Gasteiger partial charge in [0.2, 0.25) is 5.91 Å². The molecule has 0 radical (unpaired) electrons. The van der Waals surface area contributed by atoms with Gasteiger partial charge in [0.05, 0.1) is 40.4 Å². The van der Waals surface area contributed by atoms with Gasteiger partial charge in [0.1, 0.15) is 0 Å². The zero-order valence-corrected chi connectivity index (χ0v) is 20.8. The molecule has 35 heavy (non-hydrogen) atoms. The van der Waals surface area contributed by atoms with E-state index < -0.39 is 5.97 Å². The second kappa shape index (κ2) is 9.50. The van der Waals surface area contributed by atoms with Crippen molar-refractivity contribution >= 4 is 44.4 Å². The number of amides is 1. The Labute approximate surface area is 207 Å². The second-order valence-electron chi connectivity index (χ2n) is 8.79. The van der Waals surface area contributed by atoms with Gasteiger partial charge >= 0.3 is 5.97 Å². The third-order valence-electron chi connectivity index (χ3n) is 6.31. The molecule has 2 aromatic heterocycles. The molecule has 1 N–H and O–H groups in total. The number of piperidine rings is 1. The summed E-state index contributed by atoms with van der Waals surface area (Å²) in [5.41, 5.74) is 4.76. The van der Waals surface area contributed by atoms with E-state index in [9.17, 15) is 9.59 Å². The van der Waals surface area contributed by atoms with Gasteiger partial charge in [-0.25, -0.2) is 9.48 Å². The summed E-state index contributed by atoms with van der Waals surface area (Å²) in [6, 6.07) is 15.1. The number of benzene rings is 2. The zero-order valence-electron chi connectivity index (χ0n) is 19.9. The number of hydrogen-bond donors (Lipinski definition) is 1. The Balaban J connectivity index is 1.36. The van der Waals surface area contributed by atoms with Gasteiger partial charge in [0.25, 0.3) is 0 Å². The number of aryl methyl sites for hydroxylation is 2. The van der Waals surface area contributed by atoms with E-state index in [-0.39, 0.29) is 11.8 Å². The molecule has 2 aromatic carbocycles. The van der Waals surface area contributed by atoms with E-state index in [2.05, 4.69) is 29.3 Å². The number of anilines is 2. The van der Waals surface area contributed by atoms with E-state index in [0.29, 0.717) is 17.8 Å². The number of fused-ring (bicyclic) bond motifs is 1. The lowest BCUT2D eigenvalue weighted by molar-refractivity contribution is -0.120. The maximum atomic E-state index is 13.1. The third-order valence-corrected chi connectivity index (χ3v) is 7.52. The summed E-state index contributed by atoms with van der Waals surface area (Å²) in [5.74, 6) is -0.788. The Morgan fingerprint density at radius 2 is 1.89 bits per heavy atom. The average molecular weight is 490 g/mol. The molecule has 3 heterocycles. The molecule has 8 nitrogen and oxygen atoms in total. The van der Waals surface area contributed by atoms with E-state index in [1.54, 1.807) is 35.6 Å². The largest absolute Gasteiger partial charge is 0.465 e. The lowest BCUT2D eigenvalue weighted by atomic mass is 9.97. The fraction of sp³-hybridized carbons (Fsp3) is 0.308. The molecule has 9 heteroatoms. The zero-order chi connectivity index (χ0) is 24.5. The van der Waals surface area contributed by atoms with Crippen LogP contribution >= 0.6 is 11.3 Å².